The third kappa shape index (κ3) is 1.91. The maximum Gasteiger partial charge on any atom is 0.139 e. The molecule has 0 saturated carbocycles. The van der Waals surface area contributed by atoms with Gasteiger partial charge < -0.3 is 0 Å². The Balaban J connectivity index is 3.03. The van der Waals surface area contributed by atoms with Gasteiger partial charge in [-0.1, -0.05) is 26.0 Å². The Labute approximate surface area is 74.1 Å². The topological polar surface area (TPSA) is 17.1 Å². The van der Waals surface area contributed by atoms with E-state index in [9.17, 15) is 8.60 Å². The average Bonchev–Trinajstić information content (AvgIpc) is 2.04. The van der Waals surface area contributed by atoms with Gasteiger partial charge in [-0.25, -0.2) is 4.39 Å². The minimum Gasteiger partial charge on any atom is -0.254 e. The fourth-order valence-electron chi connectivity index (χ4n) is 0.862. The highest BCUT2D eigenvalue weighted by molar-refractivity contribution is 7.85. The standard InChI is InChI=1S/C9H11FOS/c1-7(2)12(11)9-6-4-3-5-8(9)10/h3-7H,1-2H3. The Morgan fingerprint density at radius 1 is 1.33 bits per heavy atom. The second-order valence-electron chi connectivity index (χ2n) is 2.78. The van der Waals surface area contributed by atoms with Crippen LogP contribution in [0.15, 0.2) is 29.2 Å². The van der Waals surface area contributed by atoms with Crippen LogP contribution in [0.2, 0.25) is 0 Å². The lowest BCUT2D eigenvalue weighted by Gasteiger charge is -2.05. The molecular formula is C9H11FOS. The summed E-state index contributed by atoms with van der Waals surface area (Å²) < 4.78 is 24.4. The van der Waals surface area contributed by atoms with Crippen molar-refractivity contribution < 1.29 is 8.60 Å². The number of halogens is 1. The SMILES string of the molecule is CC(C)S(=O)c1ccccc1F. The van der Waals surface area contributed by atoms with E-state index in [0.29, 0.717) is 4.90 Å². The van der Waals surface area contributed by atoms with Gasteiger partial charge in [-0.05, 0) is 12.1 Å². The summed E-state index contributed by atoms with van der Waals surface area (Å²) in [5.41, 5.74) is 0. The van der Waals surface area contributed by atoms with Crippen LogP contribution in [0, 0.1) is 5.82 Å². The Hall–Kier alpha value is -0.700. The Kier molecular flexibility index (Phi) is 2.98. The largest absolute Gasteiger partial charge is 0.254 e. The molecule has 0 radical (unpaired) electrons. The van der Waals surface area contributed by atoms with Gasteiger partial charge in [0.2, 0.25) is 0 Å². The molecule has 66 valence electrons. The summed E-state index contributed by atoms with van der Waals surface area (Å²) in [6, 6.07) is 6.18. The molecule has 0 bridgehead atoms. The van der Waals surface area contributed by atoms with Gasteiger partial charge in [0, 0.05) is 5.25 Å². The van der Waals surface area contributed by atoms with E-state index in [2.05, 4.69) is 0 Å². The Morgan fingerprint density at radius 3 is 2.42 bits per heavy atom. The van der Waals surface area contributed by atoms with Crippen molar-refractivity contribution in [3.8, 4) is 0 Å². The molecular weight excluding hydrogens is 175 g/mol. The van der Waals surface area contributed by atoms with E-state index in [1.165, 1.54) is 6.07 Å². The van der Waals surface area contributed by atoms with E-state index < -0.39 is 10.8 Å². The predicted octanol–water partition coefficient (Wildman–Crippen LogP) is 2.34. The molecule has 0 heterocycles. The van der Waals surface area contributed by atoms with Crippen LogP contribution in [0.3, 0.4) is 0 Å². The first kappa shape index (κ1) is 9.39. The summed E-state index contributed by atoms with van der Waals surface area (Å²) in [6.45, 7) is 3.62. The fraction of sp³-hybridized carbons (Fsp3) is 0.333. The first-order valence-electron chi connectivity index (χ1n) is 3.78. The molecule has 1 nitrogen and oxygen atoms in total. The van der Waals surface area contributed by atoms with Gasteiger partial charge in [0.15, 0.2) is 0 Å². The lowest BCUT2D eigenvalue weighted by atomic mass is 10.3. The molecule has 0 aliphatic heterocycles. The lowest BCUT2D eigenvalue weighted by Crippen LogP contribution is -2.07. The zero-order chi connectivity index (χ0) is 9.14. The van der Waals surface area contributed by atoms with Gasteiger partial charge in [-0.2, -0.15) is 0 Å². The molecule has 1 rings (SSSR count). The summed E-state index contributed by atoms with van der Waals surface area (Å²) in [5, 5.41) is -0.0399. The minimum absolute atomic E-state index is 0.0399. The van der Waals surface area contributed by atoms with Crippen LogP contribution in [0.1, 0.15) is 13.8 Å². The quantitative estimate of drug-likeness (QED) is 0.693. The molecule has 0 aliphatic carbocycles. The second-order valence-corrected chi connectivity index (χ2v) is 4.75. The van der Waals surface area contributed by atoms with Crippen LogP contribution in [-0.2, 0) is 10.8 Å². The summed E-state index contributed by atoms with van der Waals surface area (Å²) in [5.74, 6) is -0.385. The predicted molar refractivity (Wildman–Crippen MR) is 47.9 cm³/mol. The summed E-state index contributed by atoms with van der Waals surface area (Å²) >= 11 is 0. The number of hydrogen-bond acceptors (Lipinski definition) is 1. The molecule has 0 aliphatic rings. The molecule has 0 amide bonds. The first-order valence-corrected chi connectivity index (χ1v) is 4.99. The summed E-state index contributed by atoms with van der Waals surface area (Å²) in [4.78, 5) is 0.299. The van der Waals surface area contributed by atoms with E-state index in [0.717, 1.165) is 0 Å². The van der Waals surface area contributed by atoms with Crippen LogP contribution >= 0.6 is 0 Å². The highest BCUT2D eigenvalue weighted by Gasteiger charge is 2.11. The molecule has 3 heteroatoms. The van der Waals surface area contributed by atoms with Crippen molar-refractivity contribution in [2.45, 2.75) is 24.0 Å². The van der Waals surface area contributed by atoms with Gasteiger partial charge in [0.25, 0.3) is 0 Å². The van der Waals surface area contributed by atoms with Crippen molar-refractivity contribution in [3.63, 3.8) is 0 Å². The lowest BCUT2D eigenvalue weighted by molar-refractivity contribution is 0.594. The third-order valence-corrected chi connectivity index (χ3v) is 3.10. The molecule has 0 aromatic heterocycles. The van der Waals surface area contributed by atoms with Crippen LogP contribution in [0.5, 0.6) is 0 Å². The Morgan fingerprint density at radius 2 is 1.92 bits per heavy atom. The molecule has 0 spiro atoms. The van der Waals surface area contributed by atoms with E-state index in [1.54, 1.807) is 18.2 Å². The normalized spacial score (nSPS) is 13.3. The van der Waals surface area contributed by atoms with E-state index in [1.807, 2.05) is 13.8 Å². The molecule has 0 fully saturated rings. The van der Waals surface area contributed by atoms with Gasteiger partial charge in [-0.15, -0.1) is 0 Å². The second kappa shape index (κ2) is 3.81. The zero-order valence-electron chi connectivity index (χ0n) is 7.08. The van der Waals surface area contributed by atoms with Crippen molar-refractivity contribution in [3.05, 3.63) is 30.1 Å². The number of benzene rings is 1. The maximum atomic E-state index is 13.0. The van der Waals surface area contributed by atoms with Gasteiger partial charge in [-0.3, -0.25) is 4.21 Å². The van der Waals surface area contributed by atoms with Crippen LogP contribution in [0.4, 0.5) is 4.39 Å². The maximum absolute atomic E-state index is 13.0. The molecule has 1 atom stereocenters. The van der Waals surface area contributed by atoms with Crippen molar-refractivity contribution in [1.82, 2.24) is 0 Å². The monoisotopic (exact) mass is 186 g/mol. The van der Waals surface area contributed by atoms with Crippen molar-refractivity contribution >= 4 is 10.8 Å². The van der Waals surface area contributed by atoms with Gasteiger partial charge in [0.1, 0.15) is 5.82 Å². The summed E-state index contributed by atoms with van der Waals surface area (Å²) in [6.07, 6.45) is 0. The van der Waals surface area contributed by atoms with Gasteiger partial charge >= 0.3 is 0 Å². The average molecular weight is 186 g/mol. The molecule has 12 heavy (non-hydrogen) atoms. The van der Waals surface area contributed by atoms with Crippen molar-refractivity contribution in [2.75, 3.05) is 0 Å². The Bertz CT molecular complexity index is 296. The fourth-order valence-corrected chi connectivity index (χ4v) is 1.84. The smallest absolute Gasteiger partial charge is 0.139 e. The third-order valence-electron chi connectivity index (χ3n) is 1.48. The van der Waals surface area contributed by atoms with E-state index >= 15 is 0 Å². The van der Waals surface area contributed by atoms with Gasteiger partial charge in [0.05, 0.1) is 15.7 Å². The number of hydrogen-bond donors (Lipinski definition) is 0. The van der Waals surface area contributed by atoms with Crippen LogP contribution < -0.4 is 0 Å². The van der Waals surface area contributed by atoms with E-state index in [-0.39, 0.29) is 11.1 Å². The van der Waals surface area contributed by atoms with Crippen molar-refractivity contribution in [2.24, 2.45) is 0 Å². The molecule has 1 aromatic rings. The molecule has 1 unspecified atom stereocenters. The van der Waals surface area contributed by atoms with E-state index in [4.69, 9.17) is 0 Å². The first-order chi connectivity index (χ1) is 5.63. The van der Waals surface area contributed by atoms with Crippen LogP contribution in [0.25, 0.3) is 0 Å². The van der Waals surface area contributed by atoms with Crippen molar-refractivity contribution in [1.29, 1.82) is 0 Å². The highest BCUT2D eigenvalue weighted by atomic mass is 32.2. The highest BCUT2D eigenvalue weighted by Crippen LogP contribution is 2.14. The van der Waals surface area contributed by atoms with Crippen LogP contribution in [-0.4, -0.2) is 9.46 Å². The number of rotatable bonds is 2. The molecule has 0 saturated heterocycles. The minimum atomic E-state index is -1.22. The summed E-state index contributed by atoms with van der Waals surface area (Å²) in [7, 11) is -1.22. The molecule has 0 N–H and O–H groups in total. The molecule has 1 aromatic carbocycles. The zero-order valence-corrected chi connectivity index (χ0v) is 7.90.